The smallest absolute Gasteiger partial charge is 0.00262 e. The highest BCUT2D eigenvalue weighted by Gasteiger charge is 2.17. The zero-order valence-corrected chi connectivity index (χ0v) is 30.8. The third-order valence-corrected chi connectivity index (χ3v) is 11.6. The van der Waals surface area contributed by atoms with E-state index in [1.807, 2.05) is 0 Å². The summed E-state index contributed by atoms with van der Waals surface area (Å²) in [5.74, 6) is 0. The molecule has 0 saturated heterocycles. The Morgan fingerprint density at radius 2 is 0.554 bits per heavy atom. The SMILES string of the molecule is c1cc(-c2ccc3cc(-c4ccc5ccccc5c4)ccc3c2)cc(-c2c3ccccc3c(-c3ccc(-c4cccc5ccccc45)cc3)c3ccccc23)c1. The topological polar surface area (TPSA) is 0 Å². The minimum Gasteiger partial charge on any atom is -0.0616 e. The largest absolute Gasteiger partial charge is 0.0616 e. The minimum atomic E-state index is 1.21. The molecule has 0 heteroatoms. The van der Waals surface area contributed by atoms with E-state index >= 15 is 0 Å². The first-order valence-corrected chi connectivity index (χ1v) is 19.4. The van der Waals surface area contributed by atoms with Crippen LogP contribution < -0.4 is 0 Å². The summed E-state index contributed by atoms with van der Waals surface area (Å²) in [6.45, 7) is 0. The Labute approximate surface area is 326 Å². The molecule has 0 atom stereocenters. The van der Waals surface area contributed by atoms with Gasteiger partial charge in [-0.1, -0.05) is 194 Å². The normalized spacial score (nSPS) is 11.6. The van der Waals surface area contributed by atoms with Crippen molar-refractivity contribution in [3.63, 3.8) is 0 Å². The van der Waals surface area contributed by atoms with Crippen LogP contribution in [0.1, 0.15) is 0 Å². The van der Waals surface area contributed by atoms with Crippen LogP contribution in [0, 0.1) is 0 Å². The van der Waals surface area contributed by atoms with Crippen LogP contribution in [0.25, 0.3) is 109 Å². The van der Waals surface area contributed by atoms with Gasteiger partial charge in [-0.2, -0.15) is 0 Å². The van der Waals surface area contributed by atoms with E-state index in [0.29, 0.717) is 0 Å². The van der Waals surface area contributed by atoms with Gasteiger partial charge in [0.25, 0.3) is 0 Å². The summed E-state index contributed by atoms with van der Waals surface area (Å²) in [5.41, 5.74) is 12.4. The van der Waals surface area contributed by atoms with Gasteiger partial charge < -0.3 is 0 Å². The Kier molecular flexibility index (Phi) is 7.60. The zero-order chi connectivity index (χ0) is 37.0. The lowest BCUT2D eigenvalue weighted by Crippen LogP contribution is -1.91. The van der Waals surface area contributed by atoms with Crippen LogP contribution in [-0.4, -0.2) is 0 Å². The standard InChI is InChI=1S/C56H36/c1-2-13-41-33-44(28-23-37(41)11-1)46-32-31-45-34-43(29-30-47(45)35-46)42-15-9-16-48(36-42)56-53-20-7-5-18-51(53)55(52-19-6-8-21-54(52)56)40-26-24-39(25-27-40)50-22-10-14-38-12-3-4-17-49(38)50/h1-36H. The number of benzene rings is 11. The number of fused-ring (bicyclic) bond motifs is 5. The van der Waals surface area contributed by atoms with Gasteiger partial charge in [0.1, 0.15) is 0 Å². The second-order valence-electron chi connectivity index (χ2n) is 14.9. The van der Waals surface area contributed by atoms with Crippen molar-refractivity contribution in [2.75, 3.05) is 0 Å². The van der Waals surface area contributed by atoms with Crippen LogP contribution in [0.2, 0.25) is 0 Å². The first-order chi connectivity index (χ1) is 27.7. The molecule has 0 amide bonds. The maximum atomic E-state index is 2.37. The highest BCUT2D eigenvalue weighted by Crippen LogP contribution is 2.45. The molecular formula is C56H36. The molecule has 56 heavy (non-hydrogen) atoms. The lowest BCUT2D eigenvalue weighted by Gasteiger charge is -2.18. The fraction of sp³-hybridized carbons (Fsp3) is 0. The van der Waals surface area contributed by atoms with Crippen LogP contribution in [0.3, 0.4) is 0 Å². The quantitative estimate of drug-likeness (QED) is 0.156. The van der Waals surface area contributed by atoms with Crippen LogP contribution in [0.15, 0.2) is 218 Å². The lowest BCUT2D eigenvalue weighted by molar-refractivity contribution is 1.62. The molecule has 0 saturated carbocycles. The van der Waals surface area contributed by atoms with E-state index < -0.39 is 0 Å². The van der Waals surface area contributed by atoms with Gasteiger partial charge >= 0.3 is 0 Å². The molecule has 11 rings (SSSR count). The van der Waals surface area contributed by atoms with Crippen molar-refractivity contribution in [3.05, 3.63) is 218 Å². The summed E-state index contributed by atoms with van der Waals surface area (Å²) in [7, 11) is 0. The summed E-state index contributed by atoms with van der Waals surface area (Å²) >= 11 is 0. The Morgan fingerprint density at radius 3 is 1.16 bits per heavy atom. The van der Waals surface area contributed by atoms with Crippen molar-refractivity contribution < 1.29 is 0 Å². The van der Waals surface area contributed by atoms with E-state index in [9.17, 15) is 0 Å². The summed E-state index contributed by atoms with van der Waals surface area (Å²) in [6.07, 6.45) is 0. The number of hydrogen-bond donors (Lipinski definition) is 0. The van der Waals surface area contributed by atoms with Gasteiger partial charge in [0.05, 0.1) is 0 Å². The molecule has 0 aliphatic heterocycles. The van der Waals surface area contributed by atoms with E-state index in [1.54, 1.807) is 0 Å². The molecule has 0 aromatic heterocycles. The van der Waals surface area contributed by atoms with Crippen molar-refractivity contribution in [2.24, 2.45) is 0 Å². The Balaban J connectivity index is 0.994. The molecule has 0 aliphatic rings. The van der Waals surface area contributed by atoms with Crippen molar-refractivity contribution in [1.29, 1.82) is 0 Å². The minimum absolute atomic E-state index is 1.21. The van der Waals surface area contributed by atoms with Crippen LogP contribution in [0.5, 0.6) is 0 Å². The number of rotatable bonds is 5. The van der Waals surface area contributed by atoms with Crippen LogP contribution >= 0.6 is 0 Å². The molecular weight excluding hydrogens is 673 g/mol. The average molecular weight is 709 g/mol. The third kappa shape index (κ3) is 5.46. The highest BCUT2D eigenvalue weighted by molar-refractivity contribution is 6.21. The maximum Gasteiger partial charge on any atom is -0.00262 e. The van der Waals surface area contributed by atoms with Gasteiger partial charge in [0.2, 0.25) is 0 Å². The summed E-state index contributed by atoms with van der Waals surface area (Å²) in [5, 5.41) is 12.6. The van der Waals surface area contributed by atoms with Gasteiger partial charge in [-0.05, 0) is 134 Å². The van der Waals surface area contributed by atoms with E-state index in [-0.39, 0.29) is 0 Å². The first kappa shape index (κ1) is 32.2. The monoisotopic (exact) mass is 708 g/mol. The zero-order valence-electron chi connectivity index (χ0n) is 30.8. The lowest BCUT2D eigenvalue weighted by atomic mass is 9.85. The molecule has 0 fully saturated rings. The molecule has 0 nitrogen and oxygen atoms in total. The predicted molar refractivity (Wildman–Crippen MR) is 241 cm³/mol. The van der Waals surface area contributed by atoms with Crippen molar-refractivity contribution in [2.45, 2.75) is 0 Å². The Morgan fingerprint density at radius 1 is 0.179 bits per heavy atom. The van der Waals surface area contributed by atoms with Gasteiger partial charge in [-0.25, -0.2) is 0 Å². The van der Waals surface area contributed by atoms with Crippen molar-refractivity contribution in [3.8, 4) is 55.6 Å². The molecule has 0 radical (unpaired) electrons. The predicted octanol–water partition coefficient (Wildman–Crippen LogP) is 15.8. The Bertz CT molecular complexity index is 3230. The van der Waals surface area contributed by atoms with Crippen LogP contribution in [0.4, 0.5) is 0 Å². The fourth-order valence-electron chi connectivity index (χ4n) is 8.87. The van der Waals surface area contributed by atoms with Gasteiger partial charge in [-0.15, -0.1) is 0 Å². The molecule has 260 valence electrons. The summed E-state index contributed by atoms with van der Waals surface area (Å²) < 4.78 is 0. The van der Waals surface area contributed by atoms with Gasteiger partial charge in [0.15, 0.2) is 0 Å². The Hall–Kier alpha value is -7.28. The molecule has 11 aromatic carbocycles. The molecule has 0 spiro atoms. The third-order valence-electron chi connectivity index (χ3n) is 11.6. The molecule has 0 unspecified atom stereocenters. The number of hydrogen-bond acceptors (Lipinski definition) is 0. The average Bonchev–Trinajstić information content (AvgIpc) is 3.27. The molecule has 0 aliphatic carbocycles. The van der Waals surface area contributed by atoms with Gasteiger partial charge in [-0.3, -0.25) is 0 Å². The highest BCUT2D eigenvalue weighted by atomic mass is 14.2. The molecule has 0 heterocycles. The fourth-order valence-corrected chi connectivity index (χ4v) is 8.87. The molecule has 11 aromatic rings. The van der Waals surface area contributed by atoms with Gasteiger partial charge in [0, 0.05) is 0 Å². The molecule has 0 bridgehead atoms. The molecule has 0 N–H and O–H groups in total. The van der Waals surface area contributed by atoms with E-state index in [1.165, 1.54) is 109 Å². The van der Waals surface area contributed by atoms with E-state index in [2.05, 4.69) is 218 Å². The maximum absolute atomic E-state index is 2.37. The first-order valence-electron chi connectivity index (χ1n) is 19.4. The van der Waals surface area contributed by atoms with Crippen LogP contribution in [-0.2, 0) is 0 Å². The van der Waals surface area contributed by atoms with E-state index in [4.69, 9.17) is 0 Å². The second-order valence-corrected chi connectivity index (χ2v) is 14.9. The van der Waals surface area contributed by atoms with Crippen molar-refractivity contribution in [1.82, 2.24) is 0 Å². The van der Waals surface area contributed by atoms with Crippen molar-refractivity contribution >= 4 is 53.9 Å². The summed E-state index contributed by atoms with van der Waals surface area (Å²) in [4.78, 5) is 0. The summed E-state index contributed by atoms with van der Waals surface area (Å²) in [6, 6.07) is 80.3. The van der Waals surface area contributed by atoms with E-state index in [0.717, 1.165) is 0 Å². The second kappa shape index (κ2) is 13.2.